The quantitative estimate of drug-likeness (QED) is 0.687. The van der Waals surface area contributed by atoms with Gasteiger partial charge in [-0.1, -0.05) is 11.6 Å². The van der Waals surface area contributed by atoms with Gasteiger partial charge in [0, 0.05) is 18.7 Å². The maximum Gasteiger partial charge on any atom is 0.265 e. The zero-order chi connectivity index (χ0) is 20.3. The first kappa shape index (κ1) is 19.9. The van der Waals surface area contributed by atoms with E-state index < -0.39 is 0 Å². The van der Waals surface area contributed by atoms with Crippen LogP contribution >= 0.6 is 11.6 Å². The van der Waals surface area contributed by atoms with E-state index in [1.807, 2.05) is 19.0 Å². The second kappa shape index (κ2) is 8.41. The largest absolute Gasteiger partial charge is 0.495 e. The van der Waals surface area contributed by atoms with Crippen LogP contribution in [0.5, 0.6) is 5.75 Å². The molecular weight excluding hydrogens is 380 g/mol. The third-order valence-corrected chi connectivity index (χ3v) is 4.57. The summed E-state index contributed by atoms with van der Waals surface area (Å²) in [5, 5.41) is 3.66. The molecule has 1 amide bonds. The highest BCUT2D eigenvalue weighted by Gasteiger charge is 2.11. The Morgan fingerprint density at radius 3 is 2.71 bits per heavy atom. The molecule has 0 saturated heterocycles. The number of aromatic nitrogens is 2. The Hall–Kier alpha value is -2.90. The summed E-state index contributed by atoms with van der Waals surface area (Å²) < 4.78 is 6.54. The van der Waals surface area contributed by atoms with Gasteiger partial charge in [-0.3, -0.25) is 14.2 Å². The summed E-state index contributed by atoms with van der Waals surface area (Å²) in [6, 6.07) is 9.92. The topological polar surface area (TPSA) is 76.5 Å². The number of ether oxygens (including phenoxy) is 1. The van der Waals surface area contributed by atoms with Crippen LogP contribution in [0.3, 0.4) is 0 Å². The number of nitrogens with zero attached hydrogens (tertiary/aromatic N) is 3. The smallest absolute Gasteiger partial charge is 0.265 e. The minimum Gasteiger partial charge on any atom is -0.495 e. The lowest BCUT2D eigenvalue weighted by Gasteiger charge is -2.11. The Kier molecular flexibility index (Phi) is 5.96. The first-order valence-electron chi connectivity index (χ1n) is 8.69. The highest BCUT2D eigenvalue weighted by molar-refractivity contribution is 6.32. The van der Waals surface area contributed by atoms with Crippen molar-refractivity contribution in [2.45, 2.75) is 0 Å². The minimum absolute atomic E-state index is 0.198. The van der Waals surface area contributed by atoms with E-state index in [2.05, 4.69) is 10.3 Å². The molecule has 3 rings (SSSR count). The molecule has 3 aromatic rings. The van der Waals surface area contributed by atoms with Gasteiger partial charge < -0.3 is 15.0 Å². The molecule has 1 aromatic heterocycles. The van der Waals surface area contributed by atoms with Gasteiger partial charge in [0.1, 0.15) is 12.1 Å². The van der Waals surface area contributed by atoms with E-state index in [1.54, 1.807) is 36.4 Å². The lowest BCUT2D eigenvalue weighted by Crippen LogP contribution is -2.31. The molecule has 1 N–H and O–H groups in total. The van der Waals surface area contributed by atoms with Gasteiger partial charge in [0.15, 0.2) is 0 Å². The summed E-state index contributed by atoms with van der Waals surface area (Å²) in [5.41, 5.74) is 1.26. The second-order valence-electron chi connectivity index (χ2n) is 6.53. The molecule has 0 saturated carbocycles. The number of halogens is 1. The van der Waals surface area contributed by atoms with Crippen LogP contribution in [0.1, 0.15) is 10.4 Å². The number of fused-ring (bicyclic) bond motifs is 1. The molecule has 146 valence electrons. The fourth-order valence-corrected chi connectivity index (χ4v) is 3.00. The van der Waals surface area contributed by atoms with Crippen LogP contribution in [0.2, 0.25) is 5.02 Å². The zero-order valence-electron chi connectivity index (χ0n) is 15.9. The molecule has 0 spiro atoms. The lowest BCUT2D eigenvalue weighted by molar-refractivity contribution is 0.0951. The number of rotatable bonds is 6. The van der Waals surface area contributed by atoms with Crippen molar-refractivity contribution in [3.63, 3.8) is 0 Å². The van der Waals surface area contributed by atoms with E-state index in [9.17, 15) is 9.59 Å². The van der Waals surface area contributed by atoms with Crippen molar-refractivity contribution < 1.29 is 9.53 Å². The van der Waals surface area contributed by atoms with E-state index in [-0.39, 0.29) is 11.5 Å². The average molecular weight is 401 g/mol. The van der Waals surface area contributed by atoms with Crippen molar-refractivity contribution in [2.75, 3.05) is 34.3 Å². The van der Waals surface area contributed by atoms with E-state index >= 15 is 0 Å². The molecular formula is C20H21ClN4O3. The van der Waals surface area contributed by atoms with Crippen molar-refractivity contribution in [1.82, 2.24) is 19.8 Å². The van der Waals surface area contributed by atoms with E-state index in [0.717, 1.165) is 6.54 Å². The van der Waals surface area contributed by atoms with Crippen LogP contribution in [0.4, 0.5) is 0 Å². The molecule has 0 aliphatic carbocycles. The zero-order valence-corrected chi connectivity index (χ0v) is 16.7. The van der Waals surface area contributed by atoms with Gasteiger partial charge in [0.25, 0.3) is 11.5 Å². The average Bonchev–Trinajstić information content (AvgIpc) is 2.67. The maximum atomic E-state index is 12.9. The number of amides is 1. The molecule has 0 atom stereocenters. The summed E-state index contributed by atoms with van der Waals surface area (Å²) in [6.07, 6.45) is 1.43. The maximum absolute atomic E-state index is 12.9. The van der Waals surface area contributed by atoms with Crippen LogP contribution in [-0.2, 0) is 0 Å². The fourth-order valence-electron chi connectivity index (χ4n) is 2.75. The van der Waals surface area contributed by atoms with Crippen LogP contribution in [0, 0.1) is 0 Å². The number of carbonyl (C=O) groups excluding carboxylic acids is 1. The number of methoxy groups -OCH3 is 1. The third-order valence-electron chi connectivity index (χ3n) is 4.28. The first-order chi connectivity index (χ1) is 13.4. The number of hydrogen-bond acceptors (Lipinski definition) is 5. The number of likely N-dealkylation sites (N-methyl/N-ethyl adjacent to an activating group) is 1. The standard InChI is InChI=1S/C20H21ClN4O3/c1-24(2)9-8-22-19(26)13-4-6-15-17(10-13)23-12-25(20(15)27)14-5-7-18(28-3)16(21)11-14/h4-7,10-12H,8-9H2,1-3H3,(H,22,26). The molecule has 0 unspecified atom stereocenters. The predicted molar refractivity (Wildman–Crippen MR) is 110 cm³/mol. The first-order valence-corrected chi connectivity index (χ1v) is 9.07. The van der Waals surface area contributed by atoms with Crippen LogP contribution in [-0.4, -0.2) is 54.7 Å². The normalized spacial score (nSPS) is 11.0. The molecule has 0 aliphatic heterocycles. The predicted octanol–water partition coefficient (Wildman–Crippen LogP) is 2.34. The van der Waals surface area contributed by atoms with Gasteiger partial charge in [0.05, 0.1) is 28.7 Å². The molecule has 8 heteroatoms. The van der Waals surface area contributed by atoms with E-state index in [1.165, 1.54) is 18.0 Å². The molecule has 2 aromatic carbocycles. The second-order valence-corrected chi connectivity index (χ2v) is 6.94. The highest BCUT2D eigenvalue weighted by Crippen LogP contribution is 2.26. The van der Waals surface area contributed by atoms with Crippen LogP contribution in [0.15, 0.2) is 47.5 Å². The summed E-state index contributed by atoms with van der Waals surface area (Å²) in [5.74, 6) is 0.328. The fraction of sp³-hybridized carbons (Fsp3) is 0.250. The Morgan fingerprint density at radius 1 is 1.25 bits per heavy atom. The van der Waals surface area contributed by atoms with Gasteiger partial charge in [-0.05, 0) is 50.5 Å². The van der Waals surface area contributed by atoms with Crippen molar-refractivity contribution in [3.8, 4) is 11.4 Å². The minimum atomic E-state index is -0.245. The van der Waals surface area contributed by atoms with E-state index in [0.29, 0.717) is 39.5 Å². The summed E-state index contributed by atoms with van der Waals surface area (Å²) in [7, 11) is 5.40. The Bertz CT molecular complexity index is 1080. The van der Waals surface area contributed by atoms with Crippen LogP contribution < -0.4 is 15.6 Å². The Balaban J connectivity index is 1.92. The van der Waals surface area contributed by atoms with Crippen molar-refractivity contribution in [2.24, 2.45) is 0 Å². The van der Waals surface area contributed by atoms with Crippen molar-refractivity contribution >= 4 is 28.4 Å². The number of benzene rings is 2. The van der Waals surface area contributed by atoms with Crippen molar-refractivity contribution in [3.05, 3.63) is 63.7 Å². The Morgan fingerprint density at radius 2 is 2.04 bits per heavy atom. The number of carbonyl (C=O) groups is 1. The summed E-state index contributed by atoms with van der Waals surface area (Å²) in [6.45, 7) is 1.28. The SMILES string of the molecule is COc1ccc(-n2cnc3cc(C(=O)NCCN(C)C)ccc3c2=O)cc1Cl. The monoisotopic (exact) mass is 400 g/mol. The Labute approximate surface area is 167 Å². The van der Waals surface area contributed by atoms with E-state index in [4.69, 9.17) is 16.3 Å². The number of nitrogens with one attached hydrogen (secondary N) is 1. The third kappa shape index (κ3) is 4.16. The van der Waals surface area contributed by atoms with Gasteiger partial charge in [-0.25, -0.2) is 4.98 Å². The van der Waals surface area contributed by atoms with Gasteiger partial charge >= 0.3 is 0 Å². The molecule has 0 aliphatic rings. The van der Waals surface area contributed by atoms with Gasteiger partial charge in [0.2, 0.25) is 0 Å². The molecule has 0 radical (unpaired) electrons. The molecule has 1 heterocycles. The van der Waals surface area contributed by atoms with Crippen LogP contribution in [0.25, 0.3) is 16.6 Å². The lowest BCUT2D eigenvalue weighted by atomic mass is 10.1. The van der Waals surface area contributed by atoms with Crippen molar-refractivity contribution in [1.29, 1.82) is 0 Å². The molecule has 28 heavy (non-hydrogen) atoms. The molecule has 0 fully saturated rings. The number of hydrogen-bond donors (Lipinski definition) is 1. The highest BCUT2D eigenvalue weighted by atomic mass is 35.5. The molecule has 7 nitrogen and oxygen atoms in total. The summed E-state index contributed by atoms with van der Waals surface area (Å²) in [4.78, 5) is 31.5. The summed E-state index contributed by atoms with van der Waals surface area (Å²) >= 11 is 6.16. The van der Waals surface area contributed by atoms with Gasteiger partial charge in [-0.2, -0.15) is 0 Å². The molecule has 0 bridgehead atoms. The van der Waals surface area contributed by atoms with Gasteiger partial charge in [-0.15, -0.1) is 0 Å².